The van der Waals surface area contributed by atoms with Gasteiger partial charge in [-0.3, -0.25) is 0 Å². The van der Waals surface area contributed by atoms with Crippen molar-refractivity contribution in [2.75, 3.05) is 6.61 Å². The number of hydrogen-bond acceptors (Lipinski definition) is 1. The fraction of sp³-hybridized carbons (Fsp3) is 0.857. The first kappa shape index (κ1) is 4.80. The molecule has 3 aliphatic rings. The van der Waals surface area contributed by atoms with Crippen molar-refractivity contribution in [1.82, 2.24) is 0 Å². The summed E-state index contributed by atoms with van der Waals surface area (Å²) in [4.78, 5) is 0. The van der Waals surface area contributed by atoms with Crippen LogP contribution in [0.15, 0.2) is 0 Å². The van der Waals surface area contributed by atoms with Gasteiger partial charge in [0.05, 0.1) is 12.7 Å². The maximum atomic E-state index is 5.44. The predicted octanol–water partition coefficient (Wildman–Crippen LogP) is 1.53. The van der Waals surface area contributed by atoms with Gasteiger partial charge < -0.3 is 4.74 Å². The normalized spacial score (nSPS) is 31.5. The van der Waals surface area contributed by atoms with E-state index in [1.807, 2.05) is 0 Å². The average molecular weight is 111 g/mol. The quantitative estimate of drug-likeness (QED) is 0.460. The van der Waals surface area contributed by atoms with Crippen LogP contribution in [0.1, 0.15) is 25.7 Å². The molecule has 0 spiro atoms. The second-order valence-electron chi connectivity index (χ2n) is 2.76. The lowest BCUT2D eigenvalue weighted by molar-refractivity contribution is -0.00846. The smallest absolute Gasteiger partial charge is 0.0575 e. The van der Waals surface area contributed by atoms with Crippen LogP contribution in [-0.4, -0.2) is 12.7 Å². The number of fused-ring (bicyclic) bond motifs is 3. The Kier molecular flexibility index (Phi) is 1.04. The Bertz CT molecular complexity index is 59.4. The molecule has 0 unspecified atom stereocenters. The van der Waals surface area contributed by atoms with E-state index in [1.54, 1.807) is 5.92 Å². The van der Waals surface area contributed by atoms with Gasteiger partial charge in [0.2, 0.25) is 0 Å². The molecule has 2 heterocycles. The van der Waals surface area contributed by atoms with Crippen LogP contribution in [0.25, 0.3) is 0 Å². The lowest BCUT2D eigenvalue weighted by atomic mass is 9.85. The first-order valence-electron chi connectivity index (χ1n) is 3.40. The van der Waals surface area contributed by atoms with Crippen molar-refractivity contribution in [2.24, 2.45) is 0 Å². The van der Waals surface area contributed by atoms with E-state index in [0.29, 0.717) is 6.10 Å². The van der Waals surface area contributed by atoms with Gasteiger partial charge in [0.15, 0.2) is 0 Å². The zero-order valence-corrected chi connectivity index (χ0v) is 5.02. The van der Waals surface area contributed by atoms with E-state index in [0.717, 1.165) is 6.61 Å². The largest absolute Gasteiger partial charge is 0.378 e. The third-order valence-electron chi connectivity index (χ3n) is 2.16. The summed E-state index contributed by atoms with van der Waals surface area (Å²) >= 11 is 0. The summed E-state index contributed by atoms with van der Waals surface area (Å²) in [6.07, 6.45) is 5.94. The standard InChI is InChI=1S/C7H11O/c1-3-7-4-2-6(1)5-8-7/h7H,1-5H2. The Morgan fingerprint density at radius 1 is 1.25 bits per heavy atom. The van der Waals surface area contributed by atoms with Crippen molar-refractivity contribution in [2.45, 2.75) is 31.8 Å². The van der Waals surface area contributed by atoms with E-state index < -0.39 is 0 Å². The molecule has 3 rings (SSSR count). The second-order valence-corrected chi connectivity index (χ2v) is 2.76. The second kappa shape index (κ2) is 1.73. The molecule has 1 aliphatic carbocycles. The zero-order valence-electron chi connectivity index (χ0n) is 5.02. The molecular formula is C7H11O. The van der Waals surface area contributed by atoms with E-state index in [4.69, 9.17) is 4.74 Å². The Balaban J connectivity index is 2.03. The van der Waals surface area contributed by atoms with Crippen LogP contribution in [-0.2, 0) is 4.74 Å². The van der Waals surface area contributed by atoms with Crippen molar-refractivity contribution < 1.29 is 4.74 Å². The van der Waals surface area contributed by atoms with Crippen LogP contribution in [0, 0.1) is 5.92 Å². The van der Waals surface area contributed by atoms with Gasteiger partial charge in [0, 0.05) is 5.92 Å². The highest BCUT2D eigenvalue weighted by atomic mass is 16.5. The summed E-state index contributed by atoms with van der Waals surface area (Å²) in [7, 11) is 0. The van der Waals surface area contributed by atoms with Crippen molar-refractivity contribution in [3.05, 3.63) is 5.92 Å². The van der Waals surface area contributed by atoms with Gasteiger partial charge in [0.1, 0.15) is 0 Å². The summed E-state index contributed by atoms with van der Waals surface area (Å²) in [5.74, 6) is 1.65. The van der Waals surface area contributed by atoms with Crippen molar-refractivity contribution in [3.63, 3.8) is 0 Å². The minimum atomic E-state index is 0.632. The molecule has 8 heavy (non-hydrogen) atoms. The topological polar surface area (TPSA) is 9.23 Å². The molecule has 45 valence electrons. The molecule has 1 saturated carbocycles. The van der Waals surface area contributed by atoms with Gasteiger partial charge in [-0.2, -0.15) is 0 Å². The highest BCUT2D eigenvalue weighted by Crippen LogP contribution is 2.33. The molecule has 3 fully saturated rings. The van der Waals surface area contributed by atoms with E-state index in [-0.39, 0.29) is 0 Å². The van der Waals surface area contributed by atoms with E-state index in [9.17, 15) is 0 Å². The summed E-state index contributed by atoms with van der Waals surface area (Å²) in [6, 6.07) is 0. The fourth-order valence-corrected chi connectivity index (χ4v) is 1.55. The zero-order chi connectivity index (χ0) is 5.40. The van der Waals surface area contributed by atoms with Crippen LogP contribution in [0.3, 0.4) is 0 Å². The molecule has 0 aromatic rings. The Morgan fingerprint density at radius 2 is 2.00 bits per heavy atom. The fourth-order valence-electron chi connectivity index (χ4n) is 1.55. The lowest BCUT2D eigenvalue weighted by Gasteiger charge is -2.35. The van der Waals surface area contributed by atoms with Crippen LogP contribution >= 0.6 is 0 Å². The highest BCUT2D eigenvalue weighted by Gasteiger charge is 2.27. The third kappa shape index (κ3) is 0.655. The van der Waals surface area contributed by atoms with E-state index in [1.165, 1.54) is 25.7 Å². The van der Waals surface area contributed by atoms with Gasteiger partial charge in [-0.25, -0.2) is 0 Å². The van der Waals surface area contributed by atoms with Gasteiger partial charge in [-0.1, -0.05) is 0 Å². The maximum Gasteiger partial charge on any atom is 0.0575 e. The predicted molar refractivity (Wildman–Crippen MR) is 31.5 cm³/mol. The van der Waals surface area contributed by atoms with Crippen LogP contribution in [0.4, 0.5) is 0 Å². The minimum Gasteiger partial charge on any atom is -0.378 e. The minimum absolute atomic E-state index is 0.632. The molecule has 0 atom stereocenters. The molecule has 1 radical (unpaired) electrons. The monoisotopic (exact) mass is 111 g/mol. The molecule has 2 aliphatic heterocycles. The van der Waals surface area contributed by atoms with Gasteiger partial charge in [0.25, 0.3) is 0 Å². The summed E-state index contributed by atoms with van der Waals surface area (Å²) < 4.78 is 5.44. The summed E-state index contributed by atoms with van der Waals surface area (Å²) in [6.45, 7) is 0.977. The number of hydrogen-bond donors (Lipinski definition) is 0. The van der Waals surface area contributed by atoms with Crippen LogP contribution in [0.5, 0.6) is 0 Å². The molecule has 1 nitrogen and oxygen atoms in total. The van der Waals surface area contributed by atoms with E-state index in [2.05, 4.69) is 0 Å². The average Bonchev–Trinajstić information content (AvgIpc) is 1.92. The van der Waals surface area contributed by atoms with Crippen LogP contribution in [0.2, 0.25) is 0 Å². The molecule has 0 aromatic heterocycles. The van der Waals surface area contributed by atoms with Crippen molar-refractivity contribution in [3.8, 4) is 0 Å². The number of ether oxygens (including phenoxy) is 1. The molecule has 2 bridgehead atoms. The third-order valence-corrected chi connectivity index (χ3v) is 2.16. The maximum absolute atomic E-state index is 5.44. The SMILES string of the molecule is C1CC2CC[C]1CO2. The Labute approximate surface area is 50.0 Å². The van der Waals surface area contributed by atoms with Crippen molar-refractivity contribution in [1.29, 1.82) is 0 Å². The van der Waals surface area contributed by atoms with Gasteiger partial charge >= 0.3 is 0 Å². The molecular weight excluding hydrogens is 100 g/mol. The first-order chi connectivity index (χ1) is 3.95. The first-order valence-corrected chi connectivity index (χ1v) is 3.40. The van der Waals surface area contributed by atoms with Gasteiger partial charge in [-0.15, -0.1) is 0 Å². The summed E-state index contributed by atoms with van der Waals surface area (Å²) in [5, 5.41) is 0. The van der Waals surface area contributed by atoms with Crippen LogP contribution < -0.4 is 0 Å². The Morgan fingerprint density at radius 3 is 2.12 bits per heavy atom. The highest BCUT2D eigenvalue weighted by molar-refractivity contribution is 4.99. The van der Waals surface area contributed by atoms with Crippen molar-refractivity contribution >= 4 is 0 Å². The number of rotatable bonds is 0. The molecule has 0 N–H and O–H groups in total. The Hall–Kier alpha value is -0.0400. The van der Waals surface area contributed by atoms with E-state index >= 15 is 0 Å². The molecule has 1 heteroatoms. The molecule has 0 aromatic carbocycles. The molecule has 2 saturated heterocycles. The summed E-state index contributed by atoms with van der Waals surface area (Å²) in [5.41, 5.74) is 0. The lowest BCUT2D eigenvalue weighted by Crippen LogP contribution is -2.31. The van der Waals surface area contributed by atoms with Gasteiger partial charge in [-0.05, 0) is 25.7 Å². The molecule has 0 amide bonds.